The highest BCUT2D eigenvalue weighted by Gasteiger charge is 2.15. The monoisotopic (exact) mass is 421 g/mol. The SMILES string of the molecule is CCNC(=NCC1CCCO1)N(C)Cc1ccc(F)cc1.I. The average molecular weight is 421 g/mol. The lowest BCUT2D eigenvalue weighted by molar-refractivity contribution is 0.117. The second kappa shape index (κ2) is 9.99. The standard InChI is InChI=1S/C16H24FN3O.HI/c1-3-18-16(19-11-15-5-4-10-21-15)20(2)12-13-6-8-14(17)9-7-13;/h6-9,15H,3-5,10-12H2,1-2H3,(H,18,19);1H. The van der Waals surface area contributed by atoms with Gasteiger partial charge in [-0.1, -0.05) is 12.1 Å². The Morgan fingerprint density at radius 3 is 2.73 bits per heavy atom. The van der Waals surface area contributed by atoms with Gasteiger partial charge in [0.05, 0.1) is 12.6 Å². The van der Waals surface area contributed by atoms with Crippen molar-refractivity contribution in [3.63, 3.8) is 0 Å². The van der Waals surface area contributed by atoms with Crippen molar-refractivity contribution in [2.75, 3.05) is 26.7 Å². The minimum absolute atomic E-state index is 0. The van der Waals surface area contributed by atoms with E-state index in [-0.39, 0.29) is 35.9 Å². The number of halogens is 2. The molecule has 1 saturated heterocycles. The summed E-state index contributed by atoms with van der Waals surface area (Å²) in [5.74, 6) is 0.651. The minimum atomic E-state index is -0.208. The first kappa shape index (κ1) is 19.2. The van der Waals surface area contributed by atoms with E-state index in [2.05, 4.69) is 10.3 Å². The summed E-state index contributed by atoms with van der Waals surface area (Å²) in [7, 11) is 1.99. The summed E-state index contributed by atoms with van der Waals surface area (Å²) < 4.78 is 18.5. The highest BCUT2D eigenvalue weighted by Crippen LogP contribution is 2.12. The lowest BCUT2D eigenvalue weighted by Crippen LogP contribution is -2.39. The fourth-order valence-electron chi connectivity index (χ4n) is 2.38. The summed E-state index contributed by atoms with van der Waals surface area (Å²) in [6.07, 6.45) is 2.46. The molecule has 0 aromatic heterocycles. The highest BCUT2D eigenvalue weighted by molar-refractivity contribution is 14.0. The van der Waals surface area contributed by atoms with Crippen molar-refractivity contribution >= 4 is 29.9 Å². The second-order valence-corrected chi connectivity index (χ2v) is 5.31. The molecule has 1 heterocycles. The third kappa shape index (κ3) is 6.08. The highest BCUT2D eigenvalue weighted by atomic mass is 127. The van der Waals surface area contributed by atoms with Gasteiger partial charge in [-0.2, -0.15) is 0 Å². The van der Waals surface area contributed by atoms with Gasteiger partial charge in [0.15, 0.2) is 5.96 Å². The van der Waals surface area contributed by atoms with Crippen molar-refractivity contribution in [2.24, 2.45) is 4.99 Å². The van der Waals surface area contributed by atoms with E-state index in [0.29, 0.717) is 13.1 Å². The van der Waals surface area contributed by atoms with Crippen molar-refractivity contribution in [3.8, 4) is 0 Å². The van der Waals surface area contributed by atoms with Gasteiger partial charge >= 0.3 is 0 Å². The molecule has 1 aromatic carbocycles. The fourth-order valence-corrected chi connectivity index (χ4v) is 2.38. The quantitative estimate of drug-likeness (QED) is 0.451. The van der Waals surface area contributed by atoms with Crippen LogP contribution in [0.4, 0.5) is 4.39 Å². The fraction of sp³-hybridized carbons (Fsp3) is 0.562. The van der Waals surface area contributed by atoms with E-state index in [4.69, 9.17) is 4.74 Å². The topological polar surface area (TPSA) is 36.9 Å². The lowest BCUT2D eigenvalue weighted by atomic mass is 10.2. The lowest BCUT2D eigenvalue weighted by Gasteiger charge is -2.22. The Labute approximate surface area is 149 Å². The number of benzene rings is 1. The molecule has 0 bridgehead atoms. The molecule has 2 rings (SSSR count). The summed E-state index contributed by atoms with van der Waals surface area (Å²) in [5, 5.41) is 3.28. The number of hydrogen-bond acceptors (Lipinski definition) is 2. The Hall–Kier alpha value is -0.890. The molecule has 1 aliphatic heterocycles. The van der Waals surface area contributed by atoms with Crippen LogP contribution in [0.15, 0.2) is 29.3 Å². The molecule has 1 aliphatic rings. The Morgan fingerprint density at radius 1 is 1.41 bits per heavy atom. The van der Waals surface area contributed by atoms with Crippen molar-refractivity contribution in [1.29, 1.82) is 0 Å². The summed E-state index contributed by atoms with van der Waals surface area (Å²) in [4.78, 5) is 6.69. The smallest absolute Gasteiger partial charge is 0.194 e. The number of nitrogens with one attached hydrogen (secondary N) is 1. The van der Waals surface area contributed by atoms with Gasteiger partial charge < -0.3 is 15.0 Å². The van der Waals surface area contributed by atoms with Gasteiger partial charge in [-0.3, -0.25) is 4.99 Å². The van der Waals surface area contributed by atoms with Crippen LogP contribution in [0, 0.1) is 5.82 Å². The predicted octanol–water partition coefficient (Wildman–Crippen LogP) is 3.02. The summed E-state index contributed by atoms with van der Waals surface area (Å²) in [5.41, 5.74) is 1.06. The van der Waals surface area contributed by atoms with E-state index < -0.39 is 0 Å². The third-order valence-corrected chi connectivity index (χ3v) is 3.50. The Balaban J connectivity index is 0.00000242. The summed E-state index contributed by atoms with van der Waals surface area (Å²) >= 11 is 0. The van der Waals surface area contributed by atoms with E-state index in [1.807, 2.05) is 18.9 Å². The molecule has 6 heteroatoms. The van der Waals surface area contributed by atoms with E-state index >= 15 is 0 Å². The maximum atomic E-state index is 12.9. The molecule has 4 nitrogen and oxygen atoms in total. The molecular weight excluding hydrogens is 396 g/mol. The van der Waals surface area contributed by atoms with E-state index in [0.717, 1.165) is 37.5 Å². The summed E-state index contributed by atoms with van der Waals surface area (Å²) in [6.45, 7) is 5.10. The van der Waals surface area contributed by atoms with Gasteiger partial charge in [0.2, 0.25) is 0 Å². The maximum absolute atomic E-state index is 12.9. The van der Waals surface area contributed by atoms with Gasteiger partial charge in [0.25, 0.3) is 0 Å². The second-order valence-electron chi connectivity index (χ2n) is 5.31. The molecule has 0 saturated carbocycles. The number of nitrogens with zero attached hydrogens (tertiary/aromatic N) is 2. The van der Waals surface area contributed by atoms with Crippen molar-refractivity contribution in [3.05, 3.63) is 35.6 Å². The van der Waals surface area contributed by atoms with Gasteiger partial charge in [0, 0.05) is 26.7 Å². The van der Waals surface area contributed by atoms with E-state index in [9.17, 15) is 4.39 Å². The largest absolute Gasteiger partial charge is 0.376 e. The van der Waals surface area contributed by atoms with Crippen LogP contribution in [-0.2, 0) is 11.3 Å². The molecule has 1 N–H and O–H groups in total. The normalized spacial score (nSPS) is 18.0. The number of aliphatic imine (C=N–C) groups is 1. The molecule has 124 valence electrons. The number of ether oxygens (including phenoxy) is 1. The zero-order valence-electron chi connectivity index (χ0n) is 13.2. The molecule has 0 aliphatic carbocycles. The van der Waals surface area contributed by atoms with Crippen LogP contribution in [0.25, 0.3) is 0 Å². The molecule has 1 unspecified atom stereocenters. The van der Waals surface area contributed by atoms with E-state index in [1.54, 1.807) is 12.1 Å². The Morgan fingerprint density at radius 2 is 2.14 bits per heavy atom. The molecule has 1 aromatic rings. The van der Waals surface area contributed by atoms with E-state index in [1.165, 1.54) is 12.1 Å². The molecule has 0 spiro atoms. The summed E-state index contributed by atoms with van der Waals surface area (Å²) in [6, 6.07) is 6.57. The molecule has 22 heavy (non-hydrogen) atoms. The van der Waals surface area contributed by atoms with Gasteiger partial charge in [-0.15, -0.1) is 24.0 Å². The van der Waals surface area contributed by atoms with Crippen LogP contribution in [-0.4, -0.2) is 43.7 Å². The van der Waals surface area contributed by atoms with Crippen LogP contribution >= 0.6 is 24.0 Å². The molecular formula is C16H25FIN3O. The van der Waals surface area contributed by atoms with Gasteiger partial charge in [-0.05, 0) is 37.5 Å². The first-order valence-corrected chi connectivity index (χ1v) is 7.54. The van der Waals surface area contributed by atoms with Crippen LogP contribution < -0.4 is 5.32 Å². The zero-order chi connectivity index (χ0) is 15.1. The first-order valence-electron chi connectivity index (χ1n) is 7.54. The zero-order valence-corrected chi connectivity index (χ0v) is 15.5. The first-order chi connectivity index (χ1) is 10.2. The molecule has 1 fully saturated rings. The number of guanidine groups is 1. The Kier molecular flexibility index (Phi) is 8.70. The minimum Gasteiger partial charge on any atom is -0.376 e. The van der Waals surface area contributed by atoms with Crippen molar-refractivity contribution in [1.82, 2.24) is 10.2 Å². The average Bonchev–Trinajstić information content (AvgIpc) is 2.99. The van der Waals surface area contributed by atoms with Crippen LogP contribution in [0.1, 0.15) is 25.3 Å². The third-order valence-electron chi connectivity index (χ3n) is 3.50. The van der Waals surface area contributed by atoms with Gasteiger partial charge in [-0.25, -0.2) is 4.39 Å². The van der Waals surface area contributed by atoms with Crippen LogP contribution in [0.2, 0.25) is 0 Å². The maximum Gasteiger partial charge on any atom is 0.194 e. The van der Waals surface area contributed by atoms with Crippen LogP contribution in [0.3, 0.4) is 0 Å². The molecule has 0 amide bonds. The predicted molar refractivity (Wildman–Crippen MR) is 98.2 cm³/mol. The van der Waals surface area contributed by atoms with Crippen molar-refractivity contribution < 1.29 is 9.13 Å². The van der Waals surface area contributed by atoms with Crippen molar-refractivity contribution in [2.45, 2.75) is 32.4 Å². The van der Waals surface area contributed by atoms with Gasteiger partial charge in [0.1, 0.15) is 5.82 Å². The Bertz CT molecular complexity index is 461. The number of hydrogen-bond donors (Lipinski definition) is 1. The van der Waals surface area contributed by atoms with Crippen LogP contribution in [0.5, 0.6) is 0 Å². The number of rotatable bonds is 5. The molecule has 1 atom stereocenters. The molecule has 0 radical (unpaired) electrons.